The number of hydrogen-bond donors (Lipinski definition) is 1. The van der Waals surface area contributed by atoms with Gasteiger partial charge in [0.1, 0.15) is 5.60 Å². The third kappa shape index (κ3) is 3.37. The minimum Gasteiger partial charge on any atom is -0.444 e. The van der Waals surface area contributed by atoms with E-state index < -0.39 is 5.60 Å². The maximum atomic E-state index is 11.7. The molecular weight excluding hydrogens is 228 g/mol. The van der Waals surface area contributed by atoms with Crippen LogP contribution in [0.2, 0.25) is 0 Å². The fourth-order valence-corrected chi connectivity index (χ4v) is 2.51. The Morgan fingerprint density at radius 3 is 2.39 bits per heavy atom. The van der Waals surface area contributed by atoms with Gasteiger partial charge < -0.3 is 15.0 Å². The Hall–Kier alpha value is -0.770. The lowest BCUT2D eigenvalue weighted by atomic mass is 9.80. The molecule has 1 saturated carbocycles. The summed E-state index contributed by atoms with van der Waals surface area (Å²) in [5.41, 5.74) is -0.394. The molecule has 0 spiro atoms. The molecule has 0 aromatic rings. The summed E-state index contributed by atoms with van der Waals surface area (Å²) in [6, 6.07) is 1.04. The smallest absolute Gasteiger partial charge is 0.410 e. The van der Waals surface area contributed by atoms with Crippen molar-refractivity contribution >= 4 is 6.09 Å². The number of likely N-dealkylation sites (tertiary alicyclic amines) is 1. The van der Waals surface area contributed by atoms with Crippen LogP contribution in [-0.4, -0.2) is 41.8 Å². The molecule has 1 amide bonds. The first kappa shape index (κ1) is 13.7. The Labute approximate surface area is 110 Å². The van der Waals surface area contributed by atoms with Crippen LogP contribution in [0.5, 0.6) is 0 Å². The Morgan fingerprint density at radius 2 is 1.94 bits per heavy atom. The number of hydrogen-bond acceptors (Lipinski definition) is 3. The van der Waals surface area contributed by atoms with Crippen molar-refractivity contribution in [1.29, 1.82) is 0 Å². The van der Waals surface area contributed by atoms with Crippen LogP contribution in [0.25, 0.3) is 0 Å². The Balaban J connectivity index is 1.65. The molecule has 0 bridgehead atoms. The first-order valence-corrected chi connectivity index (χ1v) is 7.09. The molecule has 4 heteroatoms. The summed E-state index contributed by atoms with van der Waals surface area (Å²) in [7, 11) is 0. The molecule has 1 N–H and O–H groups in total. The second kappa shape index (κ2) is 5.08. The molecular formula is C14H26N2O2. The van der Waals surface area contributed by atoms with Gasteiger partial charge in [-0.25, -0.2) is 4.79 Å². The van der Waals surface area contributed by atoms with Crippen LogP contribution in [0, 0.1) is 5.92 Å². The normalized spacial score (nSPS) is 23.2. The van der Waals surface area contributed by atoms with Gasteiger partial charge in [-0.3, -0.25) is 0 Å². The maximum absolute atomic E-state index is 11.7. The number of nitrogens with one attached hydrogen (secondary N) is 1. The molecule has 1 aliphatic heterocycles. The van der Waals surface area contributed by atoms with E-state index in [-0.39, 0.29) is 6.09 Å². The van der Waals surface area contributed by atoms with Gasteiger partial charge in [0.2, 0.25) is 0 Å². The summed E-state index contributed by atoms with van der Waals surface area (Å²) >= 11 is 0. The third-order valence-electron chi connectivity index (χ3n) is 3.89. The highest BCUT2D eigenvalue weighted by Gasteiger charge is 2.35. The predicted molar refractivity (Wildman–Crippen MR) is 71.5 cm³/mol. The molecule has 1 heterocycles. The highest BCUT2D eigenvalue weighted by atomic mass is 16.6. The van der Waals surface area contributed by atoms with Crippen molar-refractivity contribution in [3.05, 3.63) is 0 Å². The van der Waals surface area contributed by atoms with E-state index in [9.17, 15) is 4.79 Å². The van der Waals surface area contributed by atoms with E-state index in [1.165, 1.54) is 19.3 Å². The fourth-order valence-electron chi connectivity index (χ4n) is 2.51. The number of nitrogens with zero attached hydrogens (tertiary/aromatic N) is 1. The van der Waals surface area contributed by atoms with Crippen molar-refractivity contribution < 1.29 is 9.53 Å². The average Bonchev–Trinajstić information content (AvgIpc) is 2.03. The van der Waals surface area contributed by atoms with E-state index in [1.807, 2.05) is 20.8 Å². The van der Waals surface area contributed by atoms with Crippen LogP contribution in [0.1, 0.15) is 47.0 Å². The topological polar surface area (TPSA) is 41.6 Å². The lowest BCUT2D eigenvalue weighted by molar-refractivity contribution is 0.00289. The monoisotopic (exact) mass is 254 g/mol. The molecule has 1 unspecified atom stereocenters. The van der Waals surface area contributed by atoms with E-state index in [0.29, 0.717) is 12.1 Å². The van der Waals surface area contributed by atoms with Crippen LogP contribution < -0.4 is 5.32 Å². The molecule has 4 nitrogen and oxygen atoms in total. The van der Waals surface area contributed by atoms with Gasteiger partial charge in [-0.1, -0.05) is 6.42 Å². The summed E-state index contributed by atoms with van der Waals surface area (Å²) in [5.74, 6) is 0.848. The fraction of sp³-hybridized carbons (Fsp3) is 0.929. The van der Waals surface area contributed by atoms with Gasteiger partial charge >= 0.3 is 6.09 Å². The number of carbonyl (C=O) groups is 1. The predicted octanol–water partition coefficient (Wildman–Crippen LogP) is 2.38. The zero-order chi connectivity index (χ0) is 13.3. The molecule has 1 atom stereocenters. The average molecular weight is 254 g/mol. The van der Waals surface area contributed by atoms with E-state index in [2.05, 4.69) is 12.2 Å². The van der Waals surface area contributed by atoms with E-state index in [1.54, 1.807) is 4.90 Å². The van der Waals surface area contributed by atoms with Gasteiger partial charge in [-0.05, 0) is 46.5 Å². The van der Waals surface area contributed by atoms with Crippen LogP contribution in [0.15, 0.2) is 0 Å². The van der Waals surface area contributed by atoms with Crippen LogP contribution in [-0.2, 0) is 4.74 Å². The van der Waals surface area contributed by atoms with Gasteiger partial charge in [0, 0.05) is 25.2 Å². The number of rotatable bonds is 3. The number of ether oxygens (including phenoxy) is 1. The van der Waals surface area contributed by atoms with Crippen molar-refractivity contribution in [3.8, 4) is 0 Å². The molecule has 2 aliphatic rings. The molecule has 0 aromatic carbocycles. The van der Waals surface area contributed by atoms with E-state index in [4.69, 9.17) is 4.74 Å². The summed E-state index contributed by atoms with van der Waals surface area (Å²) in [6.07, 6.45) is 3.91. The summed E-state index contributed by atoms with van der Waals surface area (Å²) in [6.45, 7) is 9.54. The highest BCUT2D eigenvalue weighted by molar-refractivity contribution is 5.69. The lowest BCUT2D eigenvalue weighted by Gasteiger charge is -2.43. The first-order chi connectivity index (χ1) is 8.35. The van der Waals surface area contributed by atoms with E-state index >= 15 is 0 Å². The second-order valence-electron chi connectivity index (χ2n) is 6.73. The van der Waals surface area contributed by atoms with Gasteiger partial charge in [0.25, 0.3) is 0 Å². The van der Waals surface area contributed by atoms with E-state index in [0.717, 1.165) is 19.0 Å². The minimum atomic E-state index is -0.394. The number of carbonyl (C=O) groups excluding carboxylic acids is 1. The summed E-state index contributed by atoms with van der Waals surface area (Å²) in [5, 5.41) is 3.62. The molecule has 0 radical (unpaired) electrons. The SMILES string of the molecule is CC(NC1CN(C(=O)OC(C)(C)C)C1)C1CCC1. The maximum Gasteiger partial charge on any atom is 0.410 e. The molecule has 18 heavy (non-hydrogen) atoms. The molecule has 104 valence electrons. The van der Waals surface area contributed by atoms with Crippen molar-refractivity contribution in [2.24, 2.45) is 5.92 Å². The zero-order valence-corrected chi connectivity index (χ0v) is 12.0. The lowest BCUT2D eigenvalue weighted by Crippen LogP contribution is -2.63. The number of amides is 1. The van der Waals surface area contributed by atoms with Crippen molar-refractivity contribution in [1.82, 2.24) is 10.2 Å². The summed E-state index contributed by atoms with van der Waals surface area (Å²) < 4.78 is 5.33. The quantitative estimate of drug-likeness (QED) is 0.840. The Kier molecular flexibility index (Phi) is 3.85. The van der Waals surface area contributed by atoms with Crippen molar-refractivity contribution in [3.63, 3.8) is 0 Å². The van der Waals surface area contributed by atoms with Gasteiger partial charge in [0.15, 0.2) is 0 Å². The van der Waals surface area contributed by atoms with Crippen LogP contribution in [0.4, 0.5) is 4.79 Å². The third-order valence-corrected chi connectivity index (χ3v) is 3.89. The van der Waals surface area contributed by atoms with Crippen LogP contribution >= 0.6 is 0 Å². The first-order valence-electron chi connectivity index (χ1n) is 7.09. The Morgan fingerprint density at radius 1 is 1.33 bits per heavy atom. The largest absolute Gasteiger partial charge is 0.444 e. The molecule has 1 saturated heterocycles. The summed E-state index contributed by atoms with van der Waals surface area (Å²) in [4.78, 5) is 13.5. The van der Waals surface area contributed by atoms with Crippen molar-refractivity contribution in [2.45, 2.75) is 64.6 Å². The molecule has 1 aliphatic carbocycles. The van der Waals surface area contributed by atoms with Gasteiger partial charge in [-0.15, -0.1) is 0 Å². The standard InChI is InChI=1S/C14H26N2O2/c1-10(11-6-5-7-11)15-12-8-16(9-12)13(17)18-14(2,3)4/h10-12,15H,5-9H2,1-4H3. The molecule has 2 fully saturated rings. The second-order valence-corrected chi connectivity index (χ2v) is 6.73. The minimum absolute atomic E-state index is 0.183. The molecule has 2 rings (SSSR count). The van der Waals surface area contributed by atoms with Gasteiger partial charge in [-0.2, -0.15) is 0 Å². The van der Waals surface area contributed by atoms with Crippen molar-refractivity contribution in [2.75, 3.05) is 13.1 Å². The van der Waals surface area contributed by atoms with Gasteiger partial charge in [0.05, 0.1) is 0 Å². The van der Waals surface area contributed by atoms with Crippen LogP contribution in [0.3, 0.4) is 0 Å². The highest BCUT2D eigenvalue weighted by Crippen LogP contribution is 2.30. The molecule has 0 aromatic heterocycles. The zero-order valence-electron chi connectivity index (χ0n) is 12.0. The Bertz CT molecular complexity index is 301.